The molecule has 6 atom stereocenters. The minimum Gasteiger partial charge on any atom is -0.388 e. The Hall–Kier alpha value is -1.33. The fourth-order valence-electron chi connectivity index (χ4n) is 2.96. The highest BCUT2D eigenvalue weighted by atomic mass is 31.2. The van der Waals surface area contributed by atoms with Crippen LogP contribution in [0.4, 0.5) is 0 Å². The van der Waals surface area contributed by atoms with Crippen LogP contribution < -0.4 is 11.2 Å². The molecule has 1 aliphatic heterocycles. The Bertz CT molecular complexity index is 862. The third kappa shape index (κ3) is 4.62. The molecule has 6 N–H and O–H groups in total. The van der Waals surface area contributed by atoms with Crippen LogP contribution in [0.2, 0.25) is 0 Å². The smallest absolute Gasteiger partial charge is 0.359 e. The molecule has 0 saturated carbocycles. The fraction of sp³-hybridized carbons (Fsp3) is 0.750. The molecular formula is C16H27N2O9P. The van der Waals surface area contributed by atoms with Crippen molar-refractivity contribution in [2.24, 2.45) is 0 Å². The van der Waals surface area contributed by atoms with Gasteiger partial charge in [-0.05, 0) is 27.2 Å². The van der Waals surface area contributed by atoms with Crippen LogP contribution >= 0.6 is 7.60 Å². The Balaban J connectivity index is 2.19. The van der Waals surface area contributed by atoms with Gasteiger partial charge in [0.05, 0.1) is 17.3 Å². The van der Waals surface area contributed by atoms with Crippen molar-refractivity contribution in [3.05, 3.63) is 32.6 Å². The van der Waals surface area contributed by atoms with E-state index in [2.05, 4.69) is 4.98 Å². The van der Waals surface area contributed by atoms with Crippen molar-refractivity contribution in [2.75, 3.05) is 0 Å². The summed E-state index contributed by atoms with van der Waals surface area (Å²) in [5, 5.41) is 28.7. The zero-order valence-corrected chi connectivity index (χ0v) is 17.0. The number of aromatic amines is 2. The van der Waals surface area contributed by atoms with Gasteiger partial charge in [-0.2, -0.15) is 0 Å². The van der Waals surface area contributed by atoms with Crippen LogP contribution in [-0.4, -0.2) is 59.4 Å². The van der Waals surface area contributed by atoms with E-state index in [1.54, 1.807) is 0 Å². The van der Waals surface area contributed by atoms with Crippen LogP contribution in [0.1, 0.15) is 52.2 Å². The topological polar surface area (TPSA) is 182 Å². The second-order valence-electron chi connectivity index (χ2n) is 7.75. The first kappa shape index (κ1) is 23.0. The molecule has 0 spiro atoms. The standard InChI is InChI=1S/C16H27N2O9P/c1-5-16(4,23)28(24,25)27-15(2,3)6-9-10(19)11(20)12(26-9)8-7-17-14(22)18-13(8)21/h7,9-12,19-20,23H,5-6H2,1-4H3,(H,24,25)(H2,17,18,21,22)/t9-,10-,11-,12+,16-/m1/s1. The molecule has 1 aromatic heterocycles. The molecule has 1 aliphatic rings. The van der Waals surface area contributed by atoms with Crippen molar-refractivity contribution in [3.63, 3.8) is 0 Å². The predicted molar refractivity (Wildman–Crippen MR) is 97.8 cm³/mol. The van der Waals surface area contributed by atoms with Crippen molar-refractivity contribution in [3.8, 4) is 0 Å². The van der Waals surface area contributed by atoms with Gasteiger partial charge in [-0.15, -0.1) is 0 Å². The van der Waals surface area contributed by atoms with Gasteiger partial charge in [0.25, 0.3) is 5.56 Å². The molecule has 28 heavy (non-hydrogen) atoms. The number of nitrogens with one attached hydrogen (secondary N) is 2. The van der Waals surface area contributed by atoms with Crippen LogP contribution in [-0.2, 0) is 13.8 Å². The van der Waals surface area contributed by atoms with Gasteiger partial charge in [-0.25, -0.2) is 4.79 Å². The van der Waals surface area contributed by atoms with Gasteiger partial charge in [-0.1, -0.05) is 6.92 Å². The Morgan fingerprint density at radius 2 is 1.86 bits per heavy atom. The van der Waals surface area contributed by atoms with Crippen LogP contribution in [0.5, 0.6) is 0 Å². The van der Waals surface area contributed by atoms with Crippen LogP contribution in [0.3, 0.4) is 0 Å². The Morgan fingerprint density at radius 3 is 2.39 bits per heavy atom. The van der Waals surface area contributed by atoms with E-state index in [0.29, 0.717) is 0 Å². The van der Waals surface area contributed by atoms with Crippen LogP contribution in [0.25, 0.3) is 0 Å². The summed E-state index contributed by atoms with van der Waals surface area (Å²) >= 11 is 0. The maximum Gasteiger partial charge on any atom is 0.359 e. The fourth-order valence-corrected chi connectivity index (χ4v) is 4.30. The van der Waals surface area contributed by atoms with Crippen LogP contribution in [0.15, 0.2) is 15.8 Å². The lowest BCUT2D eigenvalue weighted by atomic mass is 9.96. The second kappa shape index (κ2) is 7.83. The molecule has 0 bridgehead atoms. The normalized spacial score (nSPS) is 30.0. The third-order valence-corrected chi connectivity index (χ3v) is 7.13. The number of hydrogen-bond donors (Lipinski definition) is 6. The van der Waals surface area contributed by atoms with Crippen molar-refractivity contribution >= 4 is 7.60 Å². The van der Waals surface area contributed by atoms with Crippen molar-refractivity contribution in [2.45, 2.75) is 75.9 Å². The maximum absolute atomic E-state index is 12.4. The molecule has 1 unspecified atom stereocenters. The van der Waals surface area contributed by atoms with Crippen molar-refractivity contribution in [1.29, 1.82) is 0 Å². The summed E-state index contributed by atoms with van der Waals surface area (Å²) in [6.45, 7) is 5.67. The van der Waals surface area contributed by atoms with E-state index in [4.69, 9.17) is 9.26 Å². The highest BCUT2D eigenvalue weighted by Gasteiger charge is 2.50. The molecule has 0 amide bonds. The molecule has 2 heterocycles. The first-order chi connectivity index (χ1) is 12.7. The van der Waals surface area contributed by atoms with Crippen molar-refractivity contribution < 1.29 is 34.0 Å². The van der Waals surface area contributed by atoms with Crippen molar-refractivity contribution in [1.82, 2.24) is 9.97 Å². The summed E-state index contributed by atoms with van der Waals surface area (Å²) in [7, 11) is -4.43. The molecule has 0 aliphatic carbocycles. The Morgan fingerprint density at radius 1 is 1.25 bits per heavy atom. The number of hydrogen-bond acceptors (Lipinski definition) is 8. The minimum absolute atomic E-state index is 0.0187. The lowest BCUT2D eigenvalue weighted by molar-refractivity contribution is -0.0456. The molecule has 0 radical (unpaired) electrons. The zero-order valence-electron chi connectivity index (χ0n) is 16.1. The molecule has 1 saturated heterocycles. The van der Waals surface area contributed by atoms with E-state index in [1.165, 1.54) is 27.7 Å². The number of ether oxygens (including phenoxy) is 1. The molecular weight excluding hydrogens is 395 g/mol. The number of H-pyrrole nitrogens is 2. The maximum atomic E-state index is 12.4. The van der Waals surface area contributed by atoms with E-state index in [1.807, 2.05) is 4.98 Å². The van der Waals surface area contributed by atoms with Gasteiger partial charge < -0.3 is 34.5 Å². The number of aliphatic hydroxyl groups excluding tert-OH is 2. The van der Waals surface area contributed by atoms with E-state index in [9.17, 15) is 34.4 Å². The largest absolute Gasteiger partial charge is 0.388 e. The lowest BCUT2D eigenvalue weighted by Crippen LogP contribution is -2.38. The summed E-state index contributed by atoms with van der Waals surface area (Å²) in [5.74, 6) is 0. The predicted octanol–water partition coefficient (Wildman–Crippen LogP) is -0.286. The van der Waals surface area contributed by atoms with Gasteiger partial charge in [0, 0.05) is 12.6 Å². The van der Waals surface area contributed by atoms with E-state index >= 15 is 0 Å². The van der Waals surface area contributed by atoms with Gasteiger partial charge >= 0.3 is 13.3 Å². The minimum atomic E-state index is -4.43. The van der Waals surface area contributed by atoms with E-state index < -0.39 is 54.2 Å². The lowest BCUT2D eigenvalue weighted by Gasteiger charge is -2.35. The van der Waals surface area contributed by atoms with Gasteiger partial charge in [0.2, 0.25) is 0 Å². The molecule has 11 nitrogen and oxygen atoms in total. The molecule has 1 fully saturated rings. The first-order valence-electron chi connectivity index (χ1n) is 8.80. The van der Waals surface area contributed by atoms with E-state index in [0.717, 1.165) is 6.20 Å². The monoisotopic (exact) mass is 422 g/mol. The molecule has 12 heteroatoms. The quantitative estimate of drug-likeness (QED) is 0.322. The van der Waals surface area contributed by atoms with Gasteiger partial charge in [0.15, 0.2) is 5.34 Å². The summed E-state index contributed by atoms with van der Waals surface area (Å²) in [5.41, 5.74) is -2.89. The molecule has 160 valence electrons. The third-order valence-electron chi connectivity index (χ3n) is 4.86. The Kier molecular flexibility index (Phi) is 6.42. The molecule has 2 rings (SSSR count). The summed E-state index contributed by atoms with van der Waals surface area (Å²) in [4.78, 5) is 37.5. The number of rotatable bonds is 7. The summed E-state index contributed by atoms with van der Waals surface area (Å²) < 4.78 is 23.3. The second-order valence-corrected chi connectivity index (χ2v) is 9.94. The average Bonchev–Trinajstić information content (AvgIpc) is 2.81. The molecule has 0 aromatic carbocycles. The highest BCUT2D eigenvalue weighted by Crippen LogP contribution is 2.58. The zero-order chi connectivity index (χ0) is 21.5. The van der Waals surface area contributed by atoms with E-state index in [-0.39, 0.29) is 18.4 Å². The first-order valence-corrected chi connectivity index (χ1v) is 10.4. The molecule has 1 aromatic rings. The summed E-state index contributed by atoms with van der Waals surface area (Å²) in [6.07, 6.45) is -4.17. The Labute approximate surface area is 160 Å². The highest BCUT2D eigenvalue weighted by molar-refractivity contribution is 7.54. The SMILES string of the molecule is CC[C@](C)(O)P(=O)(O)OC(C)(C)C[C@H]1O[C@@H](c2c[nH]c(=O)[nH]c2=O)[C@H](O)[C@@H]1O. The summed E-state index contributed by atoms with van der Waals surface area (Å²) in [6, 6.07) is 0. The number of aromatic nitrogens is 2. The van der Waals surface area contributed by atoms with Gasteiger partial charge in [0.1, 0.15) is 18.3 Å². The average molecular weight is 422 g/mol. The van der Waals surface area contributed by atoms with Gasteiger partial charge in [-0.3, -0.25) is 14.3 Å². The van der Waals surface area contributed by atoms with Crippen LogP contribution in [0, 0.1) is 0 Å². The number of aliphatic hydroxyl groups is 3.